The van der Waals surface area contributed by atoms with Gasteiger partial charge in [0.15, 0.2) is 0 Å². The van der Waals surface area contributed by atoms with Crippen molar-refractivity contribution in [2.75, 3.05) is 0 Å². The number of rotatable bonds is 3. The van der Waals surface area contributed by atoms with Crippen LogP contribution < -0.4 is 0 Å². The second-order valence-corrected chi connectivity index (χ2v) is 15.4. The second-order valence-electron chi connectivity index (χ2n) is 15.1. The summed E-state index contributed by atoms with van der Waals surface area (Å²) < 4.78 is 5.89. The Kier molecular flexibility index (Phi) is 6.19. The van der Waals surface area contributed by atoms with Crippen LogP contribution >= 0.6 is 11.6 Å². The summed E-state index contributed by atoms with van der Waals surface area (Å²) in [4.78, 5) is 24.9. The van der Waals surface area contributed by atoms with E-state index in [2.05, 4.69) is 48.1 Å². The summed E-state index contributed by atoms with van der Waals surface area (Å²) in [5.74, 6) is 2.37. The molecule has 3 nitrogen and oxygen atoms in total. The van der Waals surface area contributed by atoms with Gasteiger partial charge in [-0.3, -0.25) is 9.59 Å². The molecule has 4 heteroatoms. The van der Waals surface area contributed by atoms with Crippen molar-refractivity contribution in [3.05, 3.63) is 12.2 Å². The lowest BCUT2D eigenvalue weighted by molar-refractivity contribution is -0.248. The van der Waals surface area contributed by atoms with Crippen molar-refractivity contribution in [1.29, 1.82) is 0 Å². The van der Waals surface area contributed by atoms with E-state index >= 15 is 0 Å². The van der Waals surface area contributed by atoms with Gasteiger partial charge >= 0.3 is 5.97 Å². The van der Waals surface area contributed by atoms with Crippen LogP contribution in [0.1, 0.15) is 113 Å². The summed E-state index contributed by atoms with van der Waals surface area (Å²) in [7, 11) is 0. The maximum atomic E-state index is 13.0. The van der Waals surface area contributed by atoms with Gasteiger partial charge in [-0.25, -0.2) is 0 Å². The molecule has 5 rings (SSSR count). The van der Waals surface area contributed by atoms with E-state index in [0.29, 0.717) is 29.6 Å². The van der Waals surface area contributed by atoms with Crippen LogP contribution in [0.5, 0.6) is 0 Å². The van der Waals surface area contributed by atoms with E-state index in [1.807, 2.05) is 0 Å². The first-order valence-electron chi connectivity index (χ1n) is 14.7. The zero-order valence-corrected chi connectivity index (χ0v) is 24.6. The van der Waals surface area contributed by atoms with Crippen LogP contribution in [0.2, 0.25) is 0 Å². The van der Waals surface area contributed by atoms with Gasteiger partial charge in [0.25, 0.3) is 0 Å². The number of carbonyl (C=O) groups is 2. The Morgan fingerprint density at radius 2 is 1.50 bits per heavy atom. The van der Waals surface area contributed by atoms with Crippen LogP contribution in [-0.2, 0) is 14.3 Å². The zero-order chi connectivity index (χ0) is 26.5. The van der Waals surface area contributed by atoms with Crippen molar-refractivity contribution in [3.63, 3.8) is 0 Å². The van der Waals surface area contributed by atoms with Crippen molar-refractivity contribution in [2.45, 2.75) is 119 Å². The second kappa shape index (κ2) is 8.33. The molecule has 0 N–H and O–H groups in total. The van der Waals surface area contributed by atoms with Crippen LogP contribution in [0.3, 0.4) is 0 Å². The topological polar surface area (TPSA) is 43.4 Å². The van der Waals surface area contributed by atoms with Gasteiger partial charge < -0.3 is 4.74 Å². The van der Waals surface area contributed by atoms with Crippen molar-refractivity contribution in [3.8, 4) is 0 Å². The molecule has 5 aliphatic carbocycles. The van der Waals surface area contributed by atoms with Gasteiger partial charge in [-0.15, -0.1) is 0 Å². The lowest BCUT2D eigenvalue weighted by Crippen LogP contribution is -2.67. The van der Waals surface area contributed by atoms with E-state index in [0.717, 1.165) is 38.5 Å². The molecule has 0 spiro atoms. The quantitative estimate of drug-likeness (QED) is 0.215. The maximum Gasteiger partial charge on any atom is 0.302 e. The van der Waals surface area contributed by atoms with E-state index in [9.17, 15) is 9.59 Å². The summed E-state index contributed by atoms with van der Waals surface area (Å²) in [6, 6.07) is 0. The minimum absolute atomic E-state index is 0.0129. The van der Waals surface area contributed by atoms with Crippen LogP contribution in [-0.4, -0.2) is 17.3 Å². The fourth-order valence-electron chi connectivity index (χ4n) is 11.9. The SMILES string of the molecule is C=C(C)C1CCC2(C(=O)Cl)CCC3(C)C(CCC4C5(C)CCC(OC(C)=O)C(C)(C)C5CCC43C)C12. The molecule has 0 bridgehead atoms. The lowest BCUT2D eigenvalue weighted by Gasteiger charge is -2.72. The average Bonchev–Trinajstić information content (AvgIpc) is 3.17. The zero-order valence-electron chi connectivity index (χ0n) is 23.8. The number of ether oxygens (including phenoxy) is 1. The number of carbonyl (C=O) groups excluding carboxylic acids is 2. The molecular weight excluding hydrogens is 468 g/mol. The molecule has 36 heavy (non-hydrogen) atoms. The Morgan fingerprint density at radius 3 is 2.11 bits per heavy atom. The molecule has 5 saturated carbocycles. The molecule has 10 unspecified atom stereocenters. The van der Waals surface area contributed by atoms with E-state index in [-0.39, 0.29) is 44.4 Å². The number of esters is 1. The third-order valence-electron chi connectivity index (χ3n) is 13.7. The molecule has 0 heterocycles. The van der Waals surface area contributed by atoms with Gasteiger partial charge in [-0.2, -0.15) is 0 Å². The Morgan fingerprint density at radius 1 is 0.806 bits per heavy atom. The summed E-state index contributed by atoms with van der Waals surface area (Å²) in [6.07, 6.45) is 11.1. The molecule has 0 aromatic heterocycles. The summed E-state index contributed by atoms with van der Waals surface area (Å²) in [5.41, 5.74) is 1.60. The molecule has 202 valence electrons. The predicted molar refractivity (Wildman–Crippen MR) is 145 cm³/mol. The van der Waals surface area contributed by atoms with Crippen LogP contribution in [0.15, 0.2) is 12.2 Å². The molecule has 0 amide bonds. The number of allylic oxidation sites excluding steroid dienone is 1. The van der Waals surface area contributed by atoms with Crippen molar-refractivity contribution >= 4 is 22.8 Å². The number of hydrogen-bond acceptors (Lipinski definition) is 3. The van der Waals surface area contributed by atoms with E-state index in [1.54, 1.807) is 6.92 Å². The minimum Gasteiger partial charge on any atom is -0.462 e. The van der Waals surface area contributed by atoms with Gasteiger partial charge in [0.2, 0.25) is 5.24 Å². The van der Waals surface area contributed by atoms with Gasteiger partial charge in [0.1, 0.15) is 6.10 Å². The average molecular weight is 517 g/mol. The first kappa shape index (κ1) is 26.8. The normalized spacial score (nSPS) is 51.2. The minimum atomic E-state index is -0.344. The number of halogens is 1. The Balaban J connectivity index is 1.52. The van der Waals surface area contributed by atoms with Gasteiger partial charge in [-0.05, 0) is 129 Å². The highest BCUT2D eigenvalue weighted by atomic mass is 35.5. The predicted octanol–water partition coefficient (Wildman–Crippen LogP) is 8.34. The highest BCUT2D eigenvalue weighted by Gasteiger charge is 2.71. The summed E-state index contributed by atoms with van der Waals surface area (Å²) >= 11 is 6.46. The van der Waals surface area contributed by atoms with E-state index in [4.69, 9.17) is 16.3 Å². The summed E-state index contributed by atoms with van der Waals surface area (Å²) in [6.45, 7) is 20.6. The van der Waals surface area contributed by atoms with Crippen LogP contribution in [0.4, 0.5) is 0 Å². The van der Waals surface area contributed by atoms with E-state index < -0.39 is 0 Å². The van der Waals surface area contributed by atoms with Crippen LogP contribution in [0.25, 0.3) is 0 Å². The molecule has 0 saturated heterocycles. The highest BCUT2D eigenvalue weighted by Crippen LogP contribution is 2.77. The van der Waals surface area contributed by atoms with Crippen molar-refractivity contribution in [1.82, 2.24) is 0 Å². The highest BCUT2D eigenvalue weighted by molar-refractivity contribution is 6.64. The lowest BCUT2D eigenvalue weighted by atomic mass is 9.32. The standard InChI is InChI=1S/C32H49ClO3/c1-19(2)21-11-16-32(27(33)35)18-17-30(7)22(26(21)32)9-10-24-29(6)14-13-25(36-20(3)34)28(4,5)23(29)12-15-31(24,30)8/h21-26H,1,9-18H2,2-8H3. The fraction of sp³-hybridized carbons (Fsp3) is 0.875. The first-order chi connectivity index (χ1) is 16.6. The van der Waals surface area contributed by atoms with Crippen molar-refractivity contribution in [2.24, 2.45) is 56.7 Å². The monoisotopic (exact) mass is 516 g/mol. The molecule has 5 aliphatic rings. The van der Waals surface area contributed by atoms with Gasteiger partial charge in [0, 0.05) is 17.8 Å². The molecule has 0 aromatic carbocycles. The fourth-order valence-corrected chi connectivity index (χ4v) is 12.2. The largest absolute Gasteiger partial charge is 0.462 e. The van der Waals surface area contributed by atoms with Crippen molar-refractivity contribution < 1.29 is 14.3 Å². The Bertz CT molecular complexity index is 970. The van der Waals surface area contributed by atoms with Gasteiger partial charge in [0.05, 0.1) is 0 Å². The molecule has 0 aromatic rings. The molecular formula is C32H49ClO3. The maximum absolute atomic E-state index is 13.0. The molecule has 5 fully saturated rings. The molecule has 10 atom stereocenters. The third kappa shape index (κ3) is 3.29. The Labute approximate surface area is 224 Å². The smallest absolute Gasteiger partial charge is 0.302 e. The Hall–Kier alpha value is -0.830. The van der Waals surface area contributed by atoms with E-state index in [1.165, 1.54) is 31.3 Å². The van der Waals surface area contributed by atoms with Gasteiger partial charge in [-0.1, -0.05) is 46.8 Å². The molecule has 0 radical (unpaired) electrons. The number of hydrogen-bond donors (Lipinski definition) is 0. The van der Waals surface area contributed by atoms with Crippen LogP contribution in [0, 0.1) is 56.7 Å². The summed E-state index contributed by atoms with van der Waals surface area (Å²) in [5, 5.41) is -0.0770. The third-order valence-corrected chi connectivity index (χ3v) is 14.1. The first-order valence-corrected chi connectivity index (χ1v) is 15.1. The molecule has 0 aliphatic heterocycles. The number of fused-ring (bicyclic) bond motifs is 7.